The summed E-state index contributed by atoms with van der Waals surface area (Å²) in [7, 11) is 0. The van der Waals surface area contributed by atoms with Crippen LogP contribution in [0.2, 0.25) is 0 Å². The molecule has 0 aromatic carbocycles. The summed E-state index contributed by atoms with van der Waals surface area (Å²) in [5, 5.41) is 9.32. The molecule has 74 valence electrons. The van der Waals surface area contributed by atoms with E-state index in [1.165, 1.54) is 12.8 Å². The average molecular weight is 182 g/mol. The van der Waals surface area contributed by atoms with Gasteiger partial charge >= 0.3 is 5.97 Å². The summed E-state index contributed by atoms with van der Waals surface area (Å²) < 4.78 is 0. The fraction of sp³-hybridized carbons (Fsp3) is 0.909. The van der Waals surface area contributed by atoms with Crippen molar-refractivity contribution in [3.05, 3.63) is 0 Å². The molecule has 0 aliphatic heterocycles. The lowest BCUT2D eigenvalue weighted by Crippen LogP contribution is -2.33. The summed E-state index contributed by atoms with van der Waals surface area (Å²) in [6, 6.07) is 0. The highest BCUT2D eigenvalue weighted by molar-refractivity contribution is 5.75. The Balaban J connectivity index is 2.22. The van der Waals surface area contributed by atoms with Crippen LogP contribution in [0.4, 0.5) is 0 Å². The van der Waals surface area contributed by atoms with Crippen LogP contribution in [-0.4, -0.2) is 11.1 Å². The molecule has 2 aliphatic carbocycles. The summed E-state index contributed by atoms with van der Waals surface area (Å²) in [5.74, 6) is -0.0237. The molecule has 1 N–H and O–H groups in total. The van der Waals surface area contributed by atoms with Gasteiger partial charge in [-0.2, -0.15) is 0 Å². The van der Waals surface area contributed by atoms with Crippen molar-refractivity contribution in [2.24, 2.45) is 11.3 Å². The minimum Gasteiger partial charge on any atom is -0.481 e. The molecule has 0 heterocycles. The molecule has 2 atom stereocenters. The molecular formula is C11H18O2. The molecule has 0 bridgehead atoms. The molecule has 0 amide bonds. The molecule has 2 heteroatoms. The van der Waals surface area contributed by atoms with Crippen LogP contribution in [0.5, 0.6) is 0 Å². The van der Waals surface area contributed by atoms with Gasteiger partial charge in [0.05, 0.1) is 5.41 Å². The van der Waals surface area contributed by atoms with Crippen molar-refractivity contribution in [2.45, 2.75) is 51.4 Å². The van der Waals surface area contributed by atoms with E-state index in [0.29, 0.717) is 5.92 Å². The Morgan fingerprint density at radius 1 is 1.08 bits per heavy atom. The average Bonchev–Trinajstić information content (AvgIpc) is 2.40. The first-order valence-electron chi connectivity index (χ1n) is 5.49. The molecule has 0 aromatic rings. The van der Waals surface area contributed by atoms with Crippen molar-refractivity contribution in [2.75, 3.05) is 0 Å². The molecular weight excluding hydrogens is 164 g/mol. The molecule has 2 aliphatic rings. The van der Waals surface area contributed by atoms with E-state index in [4.69, 9.17) is 0 Å². The quantitative estimate of drug-likeness (QED) is 0.677. The highest BCUT2D eigenvalue weighted by Crippen LogP contribution is 2.51. The number of fused-ring (bicyclic) bond motifs is 1. The van der Waals surface area contributed by atoms with E-state index in [9.17, 15) is 9.90 Å². The second kappa shape index (κ2) is 3.32. The van der Waals surface area contributed by atoms with E-state index in [1.54, 1.807) is 0 Å². The van der Waals surface area contributed by atoms with E-state index in [0.717, 1.165) is 38.5 Å². The van der Waals surface area contributed by atoms with Crippen molar-refractivity contribution in [3.63, 3.8) is 0 Å². The SMILES string of the molecule is O=C(O)[C@]12CCCCC[C@H]1CCC2. The number of rotatable bonds is 1. The topological polar surface area (TPSA) is 37.3 Å². The largest absolute Gasteiger partial charge is 0.481 e. The van der Waals surface area contributed by atoms with Gasteiger partial charge in [-0.05, 0) is 31.6 Å². The molecule has 0 unspecified atom stereocenters. The van der Waals surface area contributed by atoms with Gasteiger partial charge in [0.25, 0.3) is 0 Å². The maximum absolute atomic E-state index is 11.3. The first-order chi connectivity index (χ1) is 6.26. The number of hydrogen-bond donors (Lipinski definition) is 1. The number of carboxylic acid groups (broad SMARTS) is 1. The van der Waals surface area contributed by atoms with Gasteiger partial charge in [-0.1, -0.05) is 25.7 Å². The lowest BCUT2D eigenvalue weighted by molar-refractivity contribution is -0.151. The summed E-state index contributed by atoms with van der Waals surface area (Å²) in [5.41, 5.74) is -0.309. The summed E-state index contributed by atoms with van der Waals surface area (Å²) in [4.78, 5) is 11.3. The van der Waals surface area contributed by atoms with Gasteiger partial charge in [0, 0.05) is 0 Å². The first kappa shape index (κ1) is 9.04. The second-order valence-electron chi connectivity index (χ2n) is 4.65. The van der Waals surface area contributed by atoms with Gasteiger partial charge in [-0.3, -0.25) is 4.79 Å². The smallest absolute Gasteiger partial charge is 0.309 e. The molecule has 2 rings (SSSR count). The zero-order chi connectivity index (χ0) is 9.31. The maximum atomic E-state index is 11.3. The van der Waals surface area contributed by atoms with Gasteiger partial charge < -0.3 is 5.11 Å². The van der Waals surface area contributed by atoms with E-state index in [2.05, 4.69) is 0 Å². The molecule has 13 heavy (non-hydrogen) atoms. The highest BCUT2D eigenvalue weighted by Gasteiger charge is 2.48. The third-order valence-electron chi connectivity index (χ3n) is 4.06. The zero-order valence-corrected chi connectivity index (χ0v) is 8.09. The molecule has 2 fully saturated rings. The number of aliphatic carboxylic acids is 1. The van der Waals surface area contributed by atoms with Gasteiger partial charge in [0.15, 0.2) is 0 Å². The van der Waals surface area contributed by atoms with Crippen LogP contribution < -0.4 is 0 Å². The highest BCUT2D eigenvalue weighted by atomic mass is 16.4. The van der Waals surface area contributed by atoms with Gasteiger partial charge in [-0.15, -0.1) is 0 Å². The Kier molecular flexibility index (Phi) is 2.31. The third kappa shape index (κ3) is 1.36. The molecule has 2 nitrogen and oxygen atoms in total. The summed E-state index contributed by atoms with van der Waals surface area (Å²) in [6.07, 6.45) is 8.95. The third-order valence-corrected chi connectivity index (χ3v) is 4.06. The number of hydrogen-bond acceptors (Lipinski definition) is 1. The van der Waals surface area contributed by atoms with Gasteiger partial charge in [-0.25, -0.2) is 0 Å². The van der Waals surface area contributed by atoms with Gasteiger partial charge in [0.1, 0.15) is 0 Å². The van der Waals surface area contributed by atoms with Crippen LogP contribution in [0.15, 0.2) is 0 Å². The van der Waals surface area contributed by atoms with Crippen molar-refractivity contribution in [1.82, 2.24) is 0 Å². The summed E-state index contributed by atoms with van der Waals surface area (Å²) in [6.45, 7) is 0. The minimum absolute atomic E-state index is 0.309. The first-order valence-corrected chi connectivity index (χ1v) is 5.49. The minimum atomic E-state index is -0.517. The van der Waals surface area contributed by atoms with Crippen LogP contribution in [0, 0.1) is 11.3 Å². The molecule has 0 spiro atoms. The monoisotopic (exact) mass is 182 g/mol. The van der Waals surface area contributed by atoms with Crippen molar-refractivity contribution >= 4 is 5.97 Å². The second-order valence-corrected chi connectivity index (χ2v) is 4.65. The van der Waals surface area contributed by atoms with Gasteiger partial charge in [0.2, 0.25) is 0 Å². The van der Waals surface area contributed by atoms with Crippen molar-refractivity contribution in [1.29, 1.82) is 0 Å². The van der Waals surface area contributed by atoms with E-state index >= 15 is 0 Å². The number of carbonyl (C=O) groups is 1. The fourth-order valence-electron chi connectivity index (χ4n) is 3.29. The molecule has 2 saturated carbocycles. The Bertz CT molecular complexity index is 212. The zero-order valence-electron chi connectivity index (χ0n) is 8.09. The Labute approximate surface area is 79.3 Å². The van der Waals surface area contributed by atoms with E-state index in [-0.39, 0.29) is 5.41 Å². The predicted molar refractivity (Wildman–Crippen MR) is 50.5 cm³/mol. The molecule has 0 radical (unpaired) electrons. The van der Waals surface area contributed by atoms with E-state index < -0.39 is 5.97 Å². The Morgan fingerprint density at radius 3 is 2.54 bits per heavy atom. The van der Waals surface area contributed by atoms with Crippen LogP contribution in [-0.2, 0) is 4.79 Å². The van der Waals surface area contributed by atoms with Crippen molar-refractivity contribution < 1.29 is 9.90 Å². The fourth-order valence-corrected chi connectivity index (χ4v) is 3.29. The Morgan fingerprint density at radius 2 is 1.77 bits per heavy atom. The number of carboxylic acids is 1. The molecule has 0 aromatic heterocycles. The lowest BCUT2D eigenvalue weighted by atomic mass is 9.74. The summed E-state index contributed by atoms with van der Waals surface area (Å²) >= 11 is 0. The predicted octanol–water partition coefficient (Wildman–Crippen LogP) is 2.82. The standard InChI is InChI=1S/C11H18O2/c12-10(13)11-7-3-1-2-5-9(11)6-4-8-11/h9H,1-8H2,(H,12,13)/t9-,11-/m0/s1. The lowest BCUT2D eigenvalue weighted by Gasteiger charge is -2.29. The van der Waals surface area contributed by atoms with Crippen LogP contribution in [0.25, 0.3) is 0 Å². The van der Waals surface area contributed by atoms with E-state index in [1.807, 2.05) is 0 Å². The van der Waals surface area contributed by atoms with Crippen LogP contribution >= 0.6 is 0 Å². The molecule has 0 saturated heterocycles. The van der Waals surface area contributed by atoms with Crippen LogP contribution in [0.1, 0.15) is 51.4 Å². The maximum Gasteiger partial charge on any atom is 0.309 e. The Hall–Kier alpha value is -0.530. The van der Waals surface area contributed by atoms with Crippen LogP contribution in [0.3, 0.4) is 0 Å². The normalized spacial score (nSPS) is 39.5. The van der Waals surface area contributed by atoms with Crippen molar-refractivity contribution in [3.8, 4) is 0 Å².